The molecule has 0 amide bonds. The summed E-state index contributed by atoms with van der Waals surface area (Å²) in [5.74, 6) is -0.622. The molecule has 1 aromatic carbocycles. The normalized spacial score (nSPS) is 22.9. The first-order valence-electron chi connectivity index (χ1n) is 9.02. The Morgan fingerprint density at radius 1 is 1.28 bits per heavy atom. The van der Waals surface area contributed by atoms with Crippen LogP contribution in [0.25, 0.3) is 0 Å². The predicted octanol–water partition coefficient (Wildman–Crippen LogP) is 1.65. The van der Waals surface area contributed by atoms with E-state index in [1.807, 2.05) is 0 Å². The first kappa shape index (κ1) is 21.1. The summed E-state index contributed by atoms with van der Waals surface area (Å²) in [5, 5.41) is 3.63. The van der Waals surface area contributed by atoms with Crippen molar-refractivity contribution in [2.24, 2.45) is 10.7 Å². The maximum absolute atomic E-state index is 14.6. The monoisotopic (exact) mass is 422 g/mol. The van der Waals surface area contributed by atoms with Crippen LogP contribution in [0.5, 0.6) is 0 Å². The summed E-state index contributed by atoms with van der Waals surface area (Å²) in [6.07, 6.45) is -0.0410. The Balaban J connectivity index is 1.91. The number of benzene rings is 1. The van der Waals surface area contributed by atoms with Crippen LogP contribution in [0.2, 0.25) is 0 Å². The van der Waals surface area contributed by atoms with Gasteiger partial charge in [-0.15, -0.1) is 0 Å². The van der Waals surface area contributed by atoms with Crippen LogP contribution in [0, 0.1) is 12.7 Å². The quantitative estimate of drug-likeness (QED) is 0.776. The third-order valence-corrected chi connectivity index (χ3v) is 7.87. The summed E-state index contributed by atoms with van der Waals surface area (Å²) < 4.78 is 43.7. The van der Waals surface area contributed by atoms with Crippen LogP contribution in [-0.2, 0) is 33.0 Å². The number of ketones is 1. The van der Waals surface area contributed by atoms with Gasteiger partial charge in [0.25, 0.3) is 0 Å². The van der Waals surface area contributed by atoms with Gasteiger partial charge < -0.3 is 10.3 Å². The van der Waals surface area contributed by atoms with Crippen LogP contribution in [0.4, 0.5) is 4.39 Å². The number of Topliss-reactive ketones (excluding diaryl/α,β-unsaturated/α-hetero) is 1. The number of carbonyl (C=O) groups is 1. The van der Waals surface area contributed by atoms with E-state index in [1.165, 1.54) is 39.0 Å². The second-order valence-corrected chi connectivity index (χ2v) is 10.5. The van der Waals surface area contributed by atoms with Crippen LogP contribution in [0.1, 0.15) is 43.6 Å². The molecule has 1 aliphatic rings. The number of nitrogens with zero attached hydrogens (tertiary/aromatic N) is 3. The molecule has 2 aromatic rings. The van der Waals surface area contributed by atoms with Crippen molar-refractivity contribution in [3.63, 3.8) is 0 Å². The highest BCUT2D eigenvalue weighted by Gasteiger charge is 2.49. The molecule has 1 aromatic heterocycles. The van der Waals surface area contributed by atoms with Gasteiger partial charge >= 0.3 is 0 Å². The van der Waals surface area contributed by atoms with Gasteiger partial charge in [-0.2, -0.15) is 4.98 Å². The molecule has 0 saturated heterocycles. The van der Waals surface area contributed by atoms with Gasteiger partial charge in [0.15, 0.2) is 15.7 Å². The van der Waals surface area contributed by atoms with Crippen molar-refractivity contribution >= 4 is 21.5 Å². The number of sulfone groups is 1. The third-order valence-electron chi connectivity index (χ3n) is 5.16. The second-order valence-electron chi connectivity index (χ2n) is 7.98. The Hall–Kier alpha value is -2.62. The van der Waals surface area contributed by atoms with E-state index in [1.54, 1.807) is 6.92 Å². The SMILES string of the molecule is Cc1noc(CC(=O)Cc2ccc(F)c([C@]3(C)CS(=O)(=O)C(C)(C)C(N)=N3)c2)n1. The van der Waals surface area contributed by atoms with E-state index in [0.717, 1.165) is 0 Å². The highest BCUT2D eigenvalue weighted by atomic mass is 32.2. The lowest BCUT2D eigenvalue weighted by atomic mass is 9.90. The predicted molar refractivity (Wildman–Crippen MR) is 105 cm³/mol. The molecular weight excluding hydrogens is 399 g/mol. The molecule has 3 rings (SSSR count). The highest BCUT2D eigenvalue weighted by molar-refractivity contribution is 7.93. The smallest absolute Gasteiger partial charge is 0.234 e. The molecule has 0 bridgehead atoms. The van der Waals surface area contributed by atoms with Crippen LogP contribution in [-0.4, -0.2) is 40.7 Å². The molecule has 0 radical (unpaired) electrons. The van der Waals surface area contributed by atoms with Crippen LogP contribution in [0.3, 0.4) is 0 Å². The molecule has 0 unspecified atom stereocenters. The Kier molecular flexibility index (Phi) is 5.10. The van der Waals surface area contributed by atoms with E-state index in [2.05, 4.69) is 15.1 Å². The lowest BCUT2D eigenvalue weighted by molar-refractivity contribution is -0.118. The number of carbonyl (C=O) groups excluding carboxylic acids is 1. The highest BCUT2D eigenvalue weighted by Crippen LogP contribution is 2.38. The van der Waals surface area contributed by atoms with Gasteiger partial charge in [0.05, 0.1) is 12.2 Å². The molecule has 0 aliphatic carbocycles. The van der Waals surface area contributed by atoms with Gasteiger partial charge in [0.1, 0.15) is 27.7 Å². The van der Waals surface area contributed by atoms with Gasteiger partial charge in [0.2, 0.25) is 5.89 Å². The van der Waals surface area contributed by atoms with Crippen molar-refractivity contribution in [1.82, 2.24) is 10.1 Å². The topological polar surface area (TPSA) is 129 Å². The van der Waals surface area contributed by atoms with E-state index >= 15 is 0 Å². The van der Waals surface area contributed by atoms with Gasteiger partial charge in [-0.05, 0) is 45.4 Å². The molecular formula is C19H23FN4O4S. The van der Waals surface area contributed by atoms with Crippen molar-refractivity contribution in [2.75, 3.05) is 5.75 Å². The average molecular weight is 422 g/mol. The molecule has 0 saturated carbocycles. The van der Waals surface area contributed by atoms with Crippen LogP contribution in [0.15, 0.2) is 27.7 Å². The summed E-state index contributed by atoms with van der Waals surface area (Å²) in [7, 11) is -3.67. The number of aliphatic imine (C=N–C) groups is 1. The summed E-state index contributed by atoms with van der Waals surface area (Å²) in [5.41, 5.74) is 5.15. The first-order valence-corrected chi connectivity index (χ1v) is 10.7. The fourth-order valence-corrected chi connectivity index (χ4v) is 4.93. The fourth-order valence-electron chi connectivity index (χ4n) is 3.25. The third kappa shape index (κ3) is 3.93. The number of aromatic nitrogens is 2. The molecule has 8 nitrogen and oxygen atoms in total. The van der Waals surface area contributed by atoms with Crippen molar-refractivity contribution in [3.05, 3.63) is 46.9 Å². The number of halogens is 1. The van der Waals surface area contributed by atoms with Gasteiger partial charge in [-0.1, -0.05) is 11.2 Å². The largest absolute Gasteiger partial charge is 0.386 e. The summed E-state index contributed by atoms with van der Waals surface area (Å²) in [4.78, 5) is 20.6. The summed E-state index contributed by atoms with van der Waals surface area (Å²) >= 11 is 0. The molecule has 2 N–H and O–H groups in total. The second kappa shape index (κ2) is 7.01. The van der Waals surface area contributed by atoms with E-state index in [0.29, 0.717) is 11.4 Å². The zero-order valence-corrected chi connectivity index (χ0v) is 17.5. The zero-order valence-electron chi connectivity index (χ0n) is 16.7. The Labute approximate surface area is 168 Å². The summed E-state index contributed by atoms with van der Waals surface area (Å²) in [6, 6.07) is 4.16. The van der Waals surface area contributed by atoms with Crippen molar-refractivity contribution < 1.29 is 22.1 Å². The van der Waals surface area contributed by atoms with Gasteiger partial charge in [0, 0.05) is 12.0 Å². The fraction of sp³-hybridized carbons (Fsp3) is 0.474. The van der Waals surface area contributed by atoms with Crippen LogP contribution < -0.4 is 5.73 Å². The van der Waals surface area contributed by atoms with E-state index in [-0.39, 0.29) is 41.7 Å². The minimum absolute atomic E-state index is 0.00221. The molecule has 29 heavy (non-hydrogen) atoms. The lowest BCUT2D eigenvalue weighted by Gasteiger charge is -2.38. The molecule has 0 spiro atoms. The minimum atomic E-state index is -3.67. The van der Waals surface area contributed by atoms with Gasteiger partial charge in [-0.3, -0.25) is 9.79 Å². The molecule has 10 heteroatoms. The van der Waals surface area contributed by atoms with E-state index in [9.17, 15) is 17.6 Å². The van der Waals surface area contributed by atoms with Crippen molar-refractivity contribution in [2.45, 2.75) is 50.8 Å². The van der Waals surface area contributed by atoms with E-state index < -0.39 is 25.9 Å². The minimum Gasteiger partial charge on any atom is -0.386 e. The molecule has 0 fully saturated rings. The van der Waals surface area contributed by atoms with Crippen molar-refractivity contribution in [3.8, 4) is 0 Å². The average Bonchev–Trinajstić information content (AvgIpc) is 2.99. The number of nitrogens with two attached hydrogens (primary N) is 1. The Morgan fingerprint density at radius 3 is 2.55 bits per heavy atom. The first-order chi connectivity index (χ1) is 13.3. The zero-order chi connectivity index (χ0) is 21.6. The lowest BCUT2D eigenvalue weighted by Crippen LogP contribution is -2.55. The maximum Gasteiger partial charge on any atom is 0.234 e. The number of amidine groups is 1. The molecule has 1 aliphatic heterocycles. The van der Waals surface area contributed by atoms with Crippen molar-refractivity contribution in [1.29, 1.82) is 0 Å². The number of hydrogen-bond acceptors (Lipinski definition) is 8. The Morgan fingerprint density at radius 2 is 1.97 bits per heavy atom. The molecule has 2 heterocycles. The number of rotatable bonds is 5. The number of hydrogen-bond donors (Lipinski definition) is 1. The standard InChI is InChI=1S/C19H23FN4O4S/c1-11-22-16(28-24-11)9-13(25)7-12-5-6-15(20)14(8-12)19(4)10-29(26,27)18(2,3)17(21)23-19/h5-6,8H,7,9-10H2,1-4H3,(H2,21,23)/t19-/m0/s1. The van der Waals surface area contributed by atoms with Crippen LogP contribution >= 0.6 is 0 Å². The Bertz CT molecular complexity index is 1110. The van der Waals surface area contributed by atoms with E-state index in [4.69, 9.17) is 10.3 Å². The van der Waals surface area contributed by atoms with Gasteiger partial charge in [-0.25, -0.2) is 12.8 Å². The maximum atomic E-state index is 14.6. The molecule has 156 valence electrons. The number of aryl methyl sites for hydroxylation is 1. The summed E-state index contributed by atoms with van der Waals surface area (Å²) in [6.45, 7) is 6.13. The molecule has 1 atom stereocenters.